The second kappa shape index (κ2) is 4.93. The quantitative estimate of drug-likeness (QED) is 0.550. The molecule has 2 aliphatic rings. The first kappa shape index (κ1) is 13.7. The third-order valence-corrected chi connectivity index (χ3v) is 5.69. The van der Waals surface area contributed by atoms with Gasteiger partial charge in [-0.3, -0.25) is 0 Å². The summed E-state index contributed by atoms with van der Waals surface area (Å²) in [6, 6.07) is 3.97. The first-order valence-electron chi connectivity index (χ1n) is 7.05. The van der Waals surface area contributed by atoms with Crippen LogP contribution in [0.5, 0.6) is 5.75 Å². The number of sulfonamides is 1. The van der Waals surface area contributed by atoms with E-state index in [2.05, 4.69) is 4.72 Å². The van der Waals surface area contributed by atoms with Crippen LogP contribution in [0.3, 0.4) is 0 Å². The maximum atomic E-state index is 12.2. The zero-order chi connectivity index (χ0) is 14.3. The van der Waals surface area contributed by atoms with Crippen molar-refractivity contribution in [2.75, 3.05) is 12.3 Å². The molecule has 5 nitrogen and oxygen atoms in total. The van der Waals surface area contributed by atoms with E-state index in [0.717, 1.165) is 0 Å². The summed E-state index contributed by atoms with van der Waals surface area (Å²) in [5, 5.41) is 9.35. The molecule has 0 spiro atoms. The van der Waals surface area contributed by atoms with E-state index in [1.807, 2.05) is 0 Å². The van der Waals surface area contributed by atoms with Crippen LogP contribution in [0.15, 0.2) is 23.1 Å². The fourth-order valence-corrected chi connectivity index (χ4v) is 3.86. The summed E-state index contributed by atoms with van der Waals surface area (Å²) in [4.78, 5) is 0.109. The van der Waals surface area contributed by atoms with Crippen molar-refractivity contribution in [3.63, 3.8) is 0 Å². The average molecular weight is 296 g/mol. The van der Waals surface area contributed by atoms with Gasteiger partial charge in [0.25, 0.3) is 0 Å². The topological polar surface area (TPSA) is 92.4 Å². The van der Waals surface area contributed by atoms with Gasteiger partial charge in [0, 0.05) is 6.54 Å². The van der Waals surface area contributed by atoms with Crippen LogP contribution in [0.2, 0.25) is 0 Å². The lowest BCUT2D eigenvalue weighted by Gasteiger charge is -2.16. The summed E-state index contributed by atoms with van der Waals surface area (Å²) < 4.78 is 27.2. The molecule has 6 heteroatoms. The SMILES string of the molecule is Nc1cc(S(=O)(=O)NCC(C2CC2)C2CC2)ccc1O. The van der Waals surface area contributed by atoms with E-state index in [-0.39, 0.29) is 16.3 Å². The van der Waals surface area contributed by atoms with Gasteiger partial charge >= 0.3 is 0 Å². The Kier molecular flexibility index (Phi) is 3.38. The largest absolute Gasteiger partial charge is 0.506 e. The molecular weight excluding hydrogens is 276 g/mol. The summed E-state index contributed by atoms with van der Waals surface area (Å²) in [6.45, 7) is 0.512. The standard InChI is InChI=1S/C14H20N2O3S/c15-13-7-11(5-6-14(13)17)20(18,19)16-8-12(9-1-2-9)10-3-4-10/h5-7,9-10,12,16-17H,1-4,8,15H2. The Morgan fingerprint density at radius 1 is 1.25 bits per heavy atom. The van der Waals surface area contributed by atoms with Crippen LogP contribution in [-0.2, 0) is 10.0 Å². The van der Waals surface area contributed by atoms with Crippen molar-refractivity contribution in [2.45, 2.75) is 30.6 Å². The number of aromatic hydroxyl groups is 1. The van der Waals surface area contributed by atoms with Gasteiger partial charge in [0.2, 0.25) is 10.0 Å². The summed E-state index contributed by atoms with van der Waals surface area (Å²) in [7, 11) is -3.55. The van der Waals surface area contributed by atoms with Crippen LogP contribution in [-0.4, -0.2) is 20.1 Å². The fraction of sp³-hybridized carbons (Fsp3) is 0.571. The summed E-state index contributed by atoms with van der Waals surface area (Å²) in [6.07, 6.45) is 4.92. The van der Waals surface area contributed by atoms with Crippen molar-refractivity contribution in [3.8, 4) is 5.75 Å². The van der Waals surface area contributed by atoms with Crippen LogP contribution >= 0.6 is 0 Å². The summed E-state index contributed by atoms with van der Waals surface area (Å²) >= 11 is 0. The van der Waals surface area contributed by atoms with Crippen LogP contribution < -0.4 is 10.5 Å². The minimum Gasteiger partial charge on any atom is -0.506 e. The predicted molar refractivity (Wildman–Crippen MR) is 76.6 cm³/mol. The lowest BCUT2D eigenvalue weighted by molar-refractivity contribution is 0.401. The minimum absolute atomic E-state index is 0.0776. The molecule has 1 aromatic rings. The molecule has 1 aromatic carbocycles. The van der Waals surface area contributed by atoms with E-state index in [0.29, 0.717) is 24.3 Å². The normalized spacial score (nSPS) is 19.4. The van der Waals surface area contributed by atoms with E-state index in [1.54, 1.807) is 0 Å². The number of phenols is 1. The van der Waals surface area contributed by atoms with Crippen molar-refractivity contribution in [1.82, 2.24) is 4.72 Å². The molecule has 2 fully saturated rings. The second-order valence-electron chi connectivity index (χ2n) is 5.91. The number of anilines is 1. The maximum absolute atomic E-state index is 12.2. The molecule has 0 heterocycles. The number of nitrogens with one attached hydrogen (secondary N) is 1. The number of benzene rings is 1. The Balaban J connectivity index is 1.69. The minimum atomic E-state index is -3.55. The molecular formula is C14H20N2O3S. The average Bonchev–Trinajstić information content (AvgIpc) is 3.25. The Hall–Kier alpha value is -1.27. The highest BCUT2D eigenvalue weighted by Gasteiger charge is 2.41. The Morgan fingerprint density at radius 2 is 1.85 bits per heavy atom. The van der Waals surface area contributed by atoms with E-state index >= 15 is 0 Å². The van der Waals surface area contributed by atoms with Crippen LogP contribution in [0.1, 0.15) is 25.7 Å². The Labute approximate surface area is 119 Å². The van der Waals surface area contributed by atoms with Gasteiger partial charge in [-0.1, -0.05) is 0 Å². The van der Waals surface area contributed by atoms with Gasteiger partial charge in [-0.25, -0.2) is 13.1 Å². The first-order chi connectivity index (χ1) is 9.47. The molecule has 0 saturated heterocycles. The fourth-order valence-electron chi connectivity index (χ4n) is 2.76. The van der Waals surface area contributed by atoms with Crippen molar-refractivity contribution >= 4 is 15.7 Å². The van der Waals surface area contributed by atoms with Crippen LogP contribution in [0.25, 0.3) is 0 Å². The number of rotatable bonds is 6. The molecule has 20 heavy (non-hydrogen) atoms. The predicted octanol–water partition coefficient (Wildman–Crippen LogP) is 1.69. The van der Waals surface area contributed by atoms with Crippen LogP contribution in [0, 0.1) is 17.8 Å². The first-order valence-corrected chi connectivity index (χ1v) is 8.54. The smallest absolute Gasteiger partial charge is 0.240 e. The molecule has 0 amide bonds. The highest BCUT2D eigenvalue weighted by molar-refractivity contribution is 7.89. The zero-order valence-corrected chi connectivity index (χ0v) is 12.1. The summed E-state index contributed by atoms with van der Waals surface area (Å²) in [5.41, 5.74) is 5.63. The molecule has 0 unspecified atom stereocenters. The van der Waals surface area contributed by atoms with Gasteiger partial charge < -0.3 is 10.8 Å². The molecule has 110 valence electrons. The Morgan fingerprint density at radius 3 is 2.35 bits per heavy atom. The Bertz CT molecular complexity index is 595. The second-order valence-corrected chi connectivity index (χ2v) is 7.68. The van der Waals surface area contributed by atoms with Crippen molar-refractivity contribution in [2.24, 2.45) is 17.8 Å². The van der Waals surface area contributed by atoms with E-state index in [9.17, 15) is 13.5 Å². The van der Waals surface area contributed by atoms with Crippen molar-refractivity contribution < 1.29 is 13.5 Å². The van der Waals surface area contributed by atoms with E-state index in [1.165, 1.54) is 43.9 Å². The van der Waals surface area contributed by atoms with Gasteiger partial charge in [0.1, 0.15) is 5.75 Å². The molecule has 3 rings (SSSR count). The third kappa shape index (κ3) is 2.91. The van der Waals surface area contributed by atoms with E-state index < -0.39 is 10.0 Å². The lowest BCUT2D eigenvalue weighted by atomic mass is 9.99. The highest BCUT2D eigenvalue weighted by atomic mass is 32.2. The molecule has 0 atom stereocenters. The zero-order valence-electron chi connectivity index (χ0n) is 11.2. The highest BCUT2D eigenvalue weighted by Crippen LogP contribution is 2.48. The van der Waals surface area contributed by atoms with Crippen LogP contribution in [0.4, 0.5) is 5.69 Å². The van der Waals surface area contributed by atoms with Gasteiger partial charge in [-0.15, -0.1) is 0 Å². The molecule has 0 aliphatic heterocycles. The molecule has 2 aliphatic carbocycles. The van der Waals surface area contributed by atoms with Crippen molar-refractivity contribution in [3.05, 3.63) is 18.2 Å². The number of nitrogens with two attached hydrogens (primary N) is 1. The molecule has 0 radical (unpaired) electrons. The molecule has 0 aromatic heterocycles. The van der Waals surface area contributed by atoms with Gasteiger partial charge in [-0.05, 0) is 61.6 Å². The number of hydrogen-bond donors (Lipinski definition) is 3. The molecule has 4 N–H and O–H groups in total. The van der Waals surface area contributed by atoms with E-state index in [4.69, 9.17) is 5.73 Å². The number of hydrogen-bond acceptors (Lipinski definition) is 4. The number of phenolic OH excluding ortho intramolecular Hbond substituents is 1. The molecule has 0 bridgehead atoms. The van der Waals surface area contributed by atoms with Gasteiger partial charge in [0.15, 0.2) is 0 Å². The van der Waals surface area contributed by atoms with Gasteiger partial charge in [0.05, 0.1) is 10.6 Å². The lowest BCUT2D eigenvalue weighted by Crippen LogP contribution is -2.31. The third-order valence-electron chi connectivity index (χ3n) is 4.27. The maximum Gasteiger partial charge on any atom is 0.240 e. The monoisotopic (exact) mass is 296 g/mol. The van der Waals surface area contributed by atoms with Crippen molar-refractivity contribution in [1.29, 1.82) is 0 Å². The van der Waals surface area contributed by atoms with Gasteiger partial charge in [-0.2, -0.15) is 0 Å². The molecule has 2 saturated carbocycles. The summed E-state index contributed by atoms with van der Waals surface area (Å²) in [5.74, 6) is 1.79. The number of nitrogen functional groups attached to an aromatic ring is 1.